The lowest BCUT2D eigenvalue weighted by Crippen LogP contribution is -2.27. The molecule has 2 rings (SSSR count). The first-order valence-corrected chi connectivity index (χ1v) is 7.55. The Bertz CT molecular complexity index is 814. The molecular formula is C16H15BrN2O4. The SMILES string of the molecule is COC(=O)c1ccc(=O)n(CC(=O)Nc2ccc(Br)c(C)c2)c1. The van der Waals surface area contributed by atoms with Gasteiger partial charge in [0.05, 0.1) is 12.7 Å². The van der Waals surface area contributed by atoms with Crippen LogP contribution in [0.25, 0.3) is 0 Å². The Kier molecular flexibility index (Phi) is 5.33. The van der Waals surface area contributed by atoms with Crippen LogP contribution >= 0.6 is 15.9 Å². The fourth-order valence-corrected chi connectivity index (χ4v) is 2.22. The van der Waals surface area contributed by atoms with E-state index in [9.17, 15) is 14.4 Å². The molecule has 0 atom stereocenters. The molecule has 1 amide bonds. The number of amides is 1. The van der Waals surface area contributed by atoms with Crippen LogP contribution in [0.2, 0.25) is 0 Å². The van der Waals surface area contributed by atoms with Crippen LogP contribution in [0.15, 0.2) is 45.8 Å². The van der Waals surface area contributed by atoms with Gasteiger partial charge in [-0.25, -0.2) is 4.79 Å². The number of esters is 1. The molecule has 1 aromatic carbocycles. The number of nitrogens with zero attached hydrogens (tertiary/aromatic N) is 1. The van der Waals surface area contributed by atoms with Gasteiger partial charge < -0.3 is 14.6 Å². The molecule has 0 fully saturated rings. The van der Waals surface area contributed by atoms with Gasteiger partial charge in [-0.2, -0.15) is 0 Å². The van der Waals surface area contributed by atoms with Gasteiger partial charge >= 0.3 is 5.97 Å². The highest BCUT2D eigenvalue weighted by molar-refractivity contribution is 9.10. The first kappa shape index (κ1) is 17.0. The molecule has 0 saturated heterocycles. The smallest absolute Gasteiger partial charge is 0.339 e. The summed E-state index contributed by atoms with van der Waals surface area (Å²) in [6.07, 6.45) is 1.31. The molecular weight excluding hydrogens is 364 g/mol. The molecule has 0 saturated carbocycles. The van der Waals surface area contributed by atoms with Crippen molar-refractivity contribution in [2.24, 2.45) is 0 Å². The van der Waals surface area contributed by atoms with Crippen molar-refractivity contribution in [3.63, 3.8) is 0 Å². The number of rotatable bonds is 4. The summed E-state index contributed by atoms with van der Waals surface area (Å²) in [5.74, 6) is -0.932. The summed E-state index contributed by atoms with van der Waals surface area (Å²) >= 11 is 3.39. The van der Waals surface area contributed by atoms with Crippen LogP contribution in [-0.2, 0) is 16.1 Å². The molecule has 1 heterocycles. The van der Waals surface area contributed by atoms with E-state index in [0.29, 0.717) is 5.69 Å². The van der Waals surface area contributed by atoms with Crippen molar-refractivity contribution >= 4 is 33.5 Å². The van der Waals surface area contributed by atoms with E-state index in [-0.39, 0.29) is 23.6 Å². The number of ether oxygens (including phenoxy) is 1. The summed E-state index contributed by atoms with van der Waals surface area (Å²) in [7, 11) is 1.25. The normalized spacial score (nSPS) is 10.2. The predicted molar refractivity (Wildman–Crippen MR) is 89.6 cm³/mol. The van der Waals surface area contributed by atoms with Crippen LogP contribution in [0, 0.1) is 6.92 Å². The molecule has 120 valence electrons. The van der Waals surface area contributed by atoms with Crippen LogP contribution in [0.5, 0.6) is 0 Å². The number of carbonyl (C=O) groups is 2. The molecule has 0 spiro atoms. The molecule has 1 N–H and O–H groups in total. The second-order valence-electron chi connectivity index (χ2n) is 4.89. The molecule has 2 aromatic rings. The van der Waals surface area contributed by atoms with Crippen molar-refractivity contribution in [3.8, 4) is 0 Å². The zero-order valence-corrected chi connectivity index (χ0v) is 14.2. The predicted octanol–water partition coefficient (Wildman–Crippen LogP) is 2.34. The molecule has 0 bridgehead atoms. The van der Waals surface area contributed by atoms with Crippen molar-refractivity contribution < 1.29 is 14.3 Å². The first-order chi connectivity index (χ1) is 10.9. The summed E-state index contributed by atoms with van der Waals surface area (Å²) in [6, 6.07) is 7.98. The van der Waals surface area contributed by atoms with Crippen LogP contribution in [0.1, 0.15) is 15.9 Å². The Morgan fingerprint density at radius 2 is 2.00 bits per heavy atom. The van der Waals surface area contributed by atoms with E-state index in [2.05, 4.69) is 26.0 Å². The van der Waals surface area contributed by atoms with Crippen molar-refractivity contribution in [2.45, 2.75) is 13.5 Å². The summed E-state index contributed by atoms with van der Waals surface area (Å²) in [4.78, 5) is 35.4. The van der Waals surface area contributed by atoms with Crippen molar-refractivity contribution in [2.75, 3.05) is 12.4 Å². The average Bonchev–Trinajstić information content (AvgIpc) is 2.52. The molecule has 0 radical (unpaired) electrons. The van der Waals surface area contributed by atoms with Crippen molar-refractivity contribution in [3.05, 3.63) is 62.5 Å². The number of anilines is 1. The quantitative estimate of drug-likeness (QED) is 0.828. The number of nitrogens with one attached hydrogen (secondary N) is 1. The molecule has 0 aliphatic heterocycles. The van der Waals surface area contributed by atoms with E-state index in [0.717, 1.165) is 14.6 Å². The zero-order valence-electron chi connectivity index (χ0n) is 12.6. The van der Waals surface area contributed by atoms with E-state index < -0.39 is 5.97 Å². The third kappa shape index (κ3) is 4.29. The van der Waals surface area contributed by atoms with Crippen molar-refractivity contribution in [1.82, 2.24) is 4.57 Å². The number of hydrogen-bond donors (Lipinski definition) is 1. The van der Waals surface area contributed by atoms with Gasteiger partial charge in [-0.1, -0.05) is 15.9 Å². The third-order valence-corrected chi connectivity index (χ3v) is 4.05. The summed E-state index contributed by atoms with van der Waals surface area (Å²) in [6.45, 7) is 1.71. The fraction of sp³-hybridized carbons (Fsp3) is 0.188. The highest BCUT2D eigenvalue weighted by atomic mass is 79.9. The average molecular weight is 379 g/mol. The minimum atomic E-state index is -0.567. The van der Waals surface area contributed by atoms with Gasteiger partial charge in [0, 0.05) is 22.4 Å². The molecule has 7 heteroatoms. The Labute approximate surface area is 141 Å². The monoisotopic (exact) mass is 378 g/mol. The van der Waals surface area contributed by atoms with Gasteiger partial charge in [0.2, 0.25) is 5.91 Å². The van der Waals surface area contributed by atoms with E-state index in [4.69, 9.17) is 0 Å². The van der Waals surface area contributed by atoms with Gasteiger partial charge in [-0.05, 0) is 36.8 Å². The first-order valence-electron chi connectivity index (χ1n) is 6.75. The second kappa shape index (κ2) is 7.23. The van der Waals surface area contributed by atoms with E-state index in [1.807, 2.05) is 19.1 Å². The van der Waals surface area contributed by atoms with E-state index >= 15 is 0 Å². The van der Waals surface area contributed by atoms with Crippen molar-refractivity contribution in [1.29, 1.82) is 0 Å². The zero-order chi connectivity index (χ0) is 17.0. The maximum absolute atomic E-state index is 12.1. The van der Waals surface area contributed by atoms with E-state index in [1.165, 1.54) is 25.4 Å². The summed E-state index contributed by atoms with van der Waals surface area (Å²) in [5.41, 5.74) is 1.44. The van der Waals surface area contributed by atoms with Gasteiger partial charge in [-0.3, -0.25) is 9.59 Å². The Hall–Kier alpha value is -2.41. The molecule has 0 unspecified atom stereocenters. The molecule has 23 heavy (non-hydrogen) atoms. The Morgan fingerprint density at radius 1 is 1.26 bits per heavy atom. The topological polar surface area (TPSA) is 77.4 Å². The largest absolute Gasteiger partial charge is 0.465 e. The highest BCUT2D eigenvalue weighted by Crippen LogP contribution is 2.19. The number of aryl methyl sites for hydroxylation is 1. The van der Waals surface area contributed by atoms with Gasteiger partial charge in [0.25, 0.3) is 5.56 Å². The van der Waals surface area contributed by atoms with E-state index in [1.54, 1.807) is 6.07 Å². The number of benzene rings is 1. The lowest BCUT2D eigenvalue weighted by molar-refractivity contribution is -0.116. The molecule has 0 aliphatic carbocycles. The minimum Gasteiger partial charge on any atom is -0.465 e. The number of pyridine rings is 1. The molecule has 6 nitrogen and oxygen atoms in total. The maximum Gasteiger partial charge on any atom is 0.339 e. The van der Waals surface area contributed by atoms with Gasteiger partial charge in [-0.15, -0.1) is 0 Å². The summed E-state index contributed by atoms with van der Waals surface area (Å²) in [5, 5.41) is 2.71. The van der Waals surface area contributed by atoms with Crippen LogP contribution in [0.3, 0.4) is 0 Å². The summed E-state index contributed by atoms with van der Waals surface area (Å²) < 4.78 is 6.70. The third-order valence-electron chi connectivity index (χ3n) is 3.16. The lowest BCUT2D eigenvalue weighted by Gasteiger charge is -2.09. The standard InChI is InChI=1S/C16H15BrN2O4/c1-10-7-12(4-5-13(10)17)18-14(20)9-19-8-11(16(22)23-2)3-6-15(19)21/h3-8H,9H2,1-2H3,(H,18,20). The van der Waals surface area contributed by atoms with Gasteiger partial charge in [0.15, 0.2) is 0 Å². The number of aromatic nitrogens is 1. The maximum atomic E-state index is 12.1. The number of halogens is 1. The fourth-order valence-electron chi connectivity index (χ4n) is 1.97. The number of carbonyl (C=O) groups excluding carboxylic acids is 2. The van der Waals surface area contributed by atoms with Crippen LogP contribution in [-0.4, -0.2) is 23.6 Å². The molecule has 0 aliphatic rings. The Morgan fingerprint density at radius 3 is 2.65 bits per heavy atom. The number of methoxy groups -OCH3 is 1. The second-order valence-corrected chi connectivity index (χ2v) is 5.74. The Balaban J connectivity index is 2.15. The number of hydrogen-bond acceptors (Lipinski definition) is 4. The highest BCUT2D eigenvalue weighted by Gasteiger charge is 2.10. The van der Waals surface area contributed by atoms with Crippen LogP contribution in [0.4, 0.5) is 5.69 Å². The van der Waals surface area contributed by atoms with Crippen LogP contribution < -0.4 is 10.9 Å². The molecule has 1 aromatic heterocycles. The minimum absolute atomic E-state index is 0.196. The van der Waals surface area contributed by atoms with Gasteiger partial charge in [0.1, 0.15) is 6.54 Å². The lowest BCUT2D eigenvalue weighted by atomic mass is 10.2.